The fourth-order valence-corrected chi connectivity index (χ4v) is 2.59. The average Bonchev–Trinajstić information content (AvgIpc) is 2.53. The molecule has 1 atom stereocenters. The number of allylic oxidation sites excluding steroid dienone is 4. The van der Waals surface area contributed by atoms with Gasteiger partial charge in [-0.3, -0.25) is 0 Å². The standard InChI is InChI=1S/C19H34O2/c1-2-3-4-5-6-7-8-9-10-11-12-14-17-20-19-16-13-15-18-21-19/h2-5,19H,6-18H2,1H3/b3-2+,5-4+. The quantitative estimate of drug-likeness (QED) is 0.335. The molecule has 2 nitrogen and oxygen atoms in total. The molecular formula is C19H34O2. The first-order valence-corrected chi connectivity index (χ1v) is 8.94. The van der Waals surface area contributed by atoms with Gasteiger partial charge in [-0.25, -0.2) is 0 Å². The van der Waals surface area contributed by atoms with E-state index < -0.39 is 0 Å². The molecule has 0 amide bonds. The lowest BCUT2D eigenvalue weighted by Crippen LogP contribution is -2.22. The molecular weight excluding hydrogens is 260 g/mol. The van der Waals surface area contributed by atoms with Crippen molar-refractivity contribution in [3.8, 4) is 0 Å². The van der Waals surface area contributed by atoms with Crippen molar-refractivity contribution < 1.29 is 9.47 Å². The van der Waals surface area contributed by atoms with Gasteiger partial charge >= 0.3 is 0 Å². The molecule has 1 aliphatic heterocycles. The highest BCUT2D eigenvalue weighted by Gasteiger charge is 2.13. The summed E-state index contributed by atoms with van der Waals surface area (Å²) in [5, 5.41) is 0. The molecule has 21 heavy (non-hydrogen) atoms. The normalized spacial score (nSPS) is 19.8. The summed E-state index contributed by atoms with van der Waals surface area (Å²) in [7, 11) is 0. The summed E-state index contributed by atoms with van der Waals surface area (Å²) < 4.78 is 11.3. The molecule has 0 bridgehead atoms. The van der Waals surface area contributed by atoms with Crippen LogP contribution in [0.4, 0.5) is 0 Å². The molecule has 1 saturated heterocycles. The van der Waals surface area contributed by atoms with Crippen LogP contribution in [-0.4, -0.2) is 19.5 Å². The van der Waals surface area contributed by atoms with Crippen LogP contribution in [0.25, 0.3) is 0 Å². The van der Waals surface area contributed by atoms with Gasteiger partial charge in [0, 0.05) is 13.2 Å². The maximum absolute atomic E-state index is 5.74. The van der Waals surface area contributed by atoms with E-state index in [1.54, 1.807) is 0 Å². The van der Waals surface area contributed by atoms with Crippen LogP contribution in [0.5, 0.6) is 0 Å². The number of ether oxygens (including phenoxy) is 2. The lowest BCUT2D eigenvalue weighted by atomic mass is 10.1. The molecule has 0 radical (unpaired) electrons. The molecule has 1 rings (SSSR count). The monoisotopic (exact) mass is 294 g/mol. The van der Waals surface area contributed by atoms with E-state index in [0.717, 1.165) is 19.6 Å². The summed E-state index contributed by atoms with van der Waals surface area (Å²) >= 11 is 0. The molecule has 1 fully saturated rings. The van der Waals surface area contributed by atoms with Gasteiger partial charge in [-0.1, -0.05) is 56.4 Å². The number of rotatable bonds is 12. The number of hydrogen-bond acceptors (Lipinski definition) is 2. The Bertz CT molecular complexity index is 265. The van der Waals surface area contributed by atoms with Crippen molar-refractivity contribution in [2.24, 2.45) is 0 Å². The van der Waals surface area contributed by atoms with E-state index in [-0.39, 0.29) is 6.29 Å². The largest absolute Gasteiger partial charge is 0.353 e. The Morgan fingerprint density at radius 1 is 0.952 bits per heavy atom. The topological polar surface area (TPSA) is 18.5 Å². The lowest BCUT2D eigenvalue weighted by Gasteiger charge is -2.22. The molecule has 0 aromatic carbocycles. The van der Waals surface area contributed by atoms with Crippen LogP contribution in [-0.2, 0) is 9.47 Å². The molecule has 1 unspecified atom stereocenters. The van der Waals surface area contributed by atoms with Gasteiger partial charge in [-0.15, -0.1) is 0 Å². The van der Waals surface area contributed by atoms with Gasteiger partial charge in [0.25, 0.3) is 0 Å². The Morgan fingerprint density at radius 3 is 2.43 bits per heavy atom. The molecule has 0 saturated carbocycles. The second-order valence-corrected chi connectivity index (χ2v) is 5.88. The van der Waals surface area contributed by atoms with Gasteiger partial charge in [-0.05, 0) is 45.4 Å². The maximum Gasteiger partial charge on any atom is 0.157 e. The van der Waals surface area contributed by atoms with E-state index in [2.05, 4.69) is 31.2 Å². The van der Waals surface area contributed by atoms with Gasteiger partial charge < -0.3 is 9.47 Å². The molecule has 2 heteroatoms. The third kappa shape index (κ3) is 11.7. The molecule has 0 aromatic heterocycles. The van der Waals surface area contributed by atoms with Crippen LogP contribution >= 0.6 is 0 Å². The maximum atomic E-state index is 5.74. The van der Waals surface area contributed by atoms with E-state index in [4.69, 9.17) is 9.47 Å². The van der Waals surface area contributed by atoms with Crippen LogP contribution in [0, 0.1) is 0 Å². The van der Waals surface area contributed by atoms with Crippen molar-refractivity contribution in [1.29, 1.82) is 0 Å². The van der Waals surface area contributed by atoms with Crippen molar-refractivity contribution in [3.63, 3.8) is 0 Å². The molecule has 0 aromatic rings. The van der Waals surface area contributed by atoms with Crippen LogP contribution < -0.4 is 0 Å². The molecule has 1 aliphatic rings. The third-order valence-corrected chi connectivity index (χ3v) is 3.90. The highest BCUT2D eigenvalue weighted by Crippen LogP contribution is 2.14. The number of hydrogen-bond donors (Lipinski definition) is 0. The van der Waals surface area contributed by atoms with Crippen LogP contribution in [0.3, 0.4) is 0 Å². The Labute approximate surface area is 131 Å². The summed E-state index contributed by atoms with van der Waals surface area (Å²) in [5.74, 6) is 0. The van der Waals surface area contributed by atoms with Gasteiger partial charge in [0.1, 0.15) is 0 Å². The minimum absolute atomic E-state index is 0.0920. The Hall–Kier alpha value is -0.600. The zero-order valence-corrected chi connectivity index (χ0v) is 13.9. The van der Waals surface area contributed by atoms with E-state index in [0.29, 0.717) is 0 Å². The molecule has 0 aliphatic carbocycles. The van der Waals surface area contributed by atoms with Gasteiger partial charge in [-0.2, -0.15) is 0 Å². The predicted molar refractivity (Wildman–Crippen MR) is 90.4 cm³/mol. The predicted octanol–water partition coefficient (Wildman–Crippen LogP) is 5.78. The minimum Gasteiger partial charge on any atom is -0.353 e. The SMILES string of the molecule is C/C=C/C=C/CCCCCCCCCOC1CCCCO1. The van der Waals surface area contributed by atoms with Crippen molar-refractivity contribution in [1.82, 2.24) is 0 Å². The first-order chi connectivity index (χ1) is 10.4. The van der Waals surface area contributed by atoms with Crippen LogP contribution in [0.2, 0.25) is 0 Å². The van der Waals surface area contributed by atoms with Crippen molar-refractivity contribution >= 4 is 0 Å². The zero-order chi connectivity index (χ0) is 15.0. The summed E-state index contributed by atoms with van der Waals surface area (Å²) in [6.07, 6.45) is 22.7. The third-order valence-electron chi connectivity index (χ3n) is 3.90. The number of unbranched alkanes of at least 4 members (excludes halogenated alkanes) is 7. The van der Waals surface area contributed by atoms with E-state index >= 15 is 0 Å². The summed E-state index contributed by atoms with van der Waals surface area (Å²) in [6, 6.07) is 0. The Morgan fingerprint density at radius 2 is 1.71 bits per heavy atom. The highest BCUT2D eigenvalue weighted by atomic mass is 16.7. The second kappa shape index (κ2) is 14.3. The first kappa shape index (κ1) is 18.4. The smallest absolute Gasteiger partial charge is 0.157 e. The first-order valence-electron chi connectivity index (χ1n) is 8.94. The highest BCUT2D eigenvalue weighted by molar-refractivity contribution is 5.00. The van der Waals surface area contributed by atoms with Gasteiger partial charge in [0.15, 0.2) is 6.29 Å². The summed E-state index contributed by atoms with van der Waals surface area (Å²) in [4.78, 5) is 0. The average molecular weight is 294 g/mol. The van der Waals surface area contributed by atoms with Crippen LogP contribution in [0.1, 0.15) is 77.6 Å². The van der Waals surface area contributed by atoms with Gasteiger partial charge in [0.05, 0.1) is 0 Å². The zero-order valence-electron chi connectivity index (χ0n) is 13.9. The fraction of sp³-hybridized carbons (Fsp3) is 0.789. The Kier molecular flexibility index (Phi) is 12.6. The lowest BCUT2D eigenvalue weighted by molar-refractivity contribution is -0.162. The summed E-state index contributed by atoms with van der Waals surface area (Å²) in [6.45, 7) is 3.81. The molecule has 122 valence electrons. The van der Waals surface area contributed by atoms with Crippen molar-refractivity contribution in [2.75, 3.05) is 13.2 Å². The molecule has 0 spiro atoms. The molecule has 0 N–H and O–H groups in total. The van der Waals surface area contributed by atoms with Crippen molar-refractivity contribution in [3.05, 3.63) is 24.3 Å². The minimum atomic E-state index is 0.0920. The van der Waals surface area contributed by atoms with E-state index in [1.165, 1.54) is 64.2 Å². The summed E-state index contributed by atoms with van der Waals surface area (Å²) in [5.41, 5.74) is 0. The second-order valence-electron chi connectivity index (χ2n) is 5.88. The molecule has 1 heterocycles. The fourth-order valence-electron chi connectivity index (χ4n) is 2.59. The Balaban J connectivity index is 1.74. The van der Waals surface area contributed by atoms with Gasteiger partial charge in [0.2, 0.25) is 0 Å². The van der Waals surface area contributed by atoms with Crippen LogP contribution in [0.15, 0.2) is 24.3 Å². The van der Waals surface area contributed by atoms with E-state index in [9.17, 15) is 0 Å². The van der Waals surface area contributed by atoms with Crippen molar-refractivity contribution in [2.45, 2.75) is 83.8 Å². The van der Waals surface area contributed by atoms with E-state index in [1.807, 2.05) is 0 Å².